The van der Waals surface area contributed by atoms with E-state index in [0.717, 1.165) is 24.2 Å². The summed E-state index contributed by atoms with van der Waals surface area (Å²) >= 11 is 5.16. The predicted molar refractivity (Wildman–Crippen MR) is 83.0 cm³/mol. The van der Waals surface area contributed by atoms with E-state index in [4.69, 9.17) is 12.2 Å². The van der Waals surface area contributed by atoms with Crippen LogP contribution in [0.4, 0.5) is 5.69 Å². The molecule has 0 atom stereocenters. The molecule has 20 heavy (non-hydrogen) atoms. The number of esters is 1. The molecule has 1 aromatic rings. The minimum atomic E-state index is -0.357. The van der Waals surface area contributed by atoms with E-state index >= 15 is 0 Å². The lowest BCUT2D eigenvalue weighted by Crippen LogP contribution is -2.24. The van der Waals surface area contributed by atoms with E-state index in [0.29, 0.717) is 10.7 Å². The van der Waals surface area contributed by atoms with Gasteiger partial charge in [0.2, 0.25) is 0 Å². The summed E-state index contributed by atoms with van der Waals surface area (Å²) in [5.74, 6) is -0.357. The number of benzene rings is 1. The van der Waals surface area contributed by atoms with Gasteiger partial charge >= 0.3 is 5.97 Å². The lowest BCUT2D eigenvalue weighted by Gasteiger charge is -2.08. The van der Waals surface area contributed by atoms with Crippen molar-refractivity contribution in [2.75, 3.05) is 12.4 Å². The number of anilines is 1. The molecule has 0 saturated heterocycles. The molecule has 0 spiro atoms. The molecule has 106 valence electrons. The molecule has 6 heteroatoms. The summed E-state index contributed by atoms with van der Waals surface area (Å²) in [5.41, 5.74) is 5.30. The van der Waals surface area contributed by atoms with Gasteiger partial charge in [0.25, 0.3) is 0 Å². The van der Waals surface area contributed by atoms with Crippen molar-refractivity contribution in [1.29, 1.82) is 0 Å². The number of nitrogens with zero attached hydrogens (tertiary/aromatic N) is 1. The lowest BCUT2D eigenvalue weighted by atomic mass is 10.2. The zero-order valence-corrected chi connectivity index (χ0v) is 12.1. The van der Waals surface area contributed by atoms with Crippen LogP contribution < -0.4 is 10.7 Å². The molecule has 2 rings (SSSR count). The maximum absolute atomic E-state index is 11.3. The summed E-state index contributed by atoms with van der Waals surface area (Å²) < 4.78 is 4.64. The Morgan fingerprint density at radius 1 is 1.25 bits per heavy atom. The molecule has 1 aromatic carbocycles. The molecule has 0 heterocycles. The molecule has 2 N–H and O–H groups in total. The van der Waals surface area contributed by atoms with Gasteiger partial charge in [-0.25, -0.2) is 4.79 Å². The molecule has 1 saturated carbocycles. The first-order valence-electron chi connectivity index (χ1n) is 6.50. The highest BCUT2D eigenvalue weighted by Gasteiger charge is 2.08. The molecule has 0 radical (unpaired) electrons. The van der Waals surface area contributed by atoms with Crippen molar-refractivity contribution >= 4 is 34.7 Å². The monoisotopic (exact) mass is 291 g/mol. The summed E-state index contributed by atoms with van der Waals surface area (Å²) in [7, 11) is 1.36. The van der Waals surface area contributed by atoms with Crippen molar-refractivity contribution < 1.29 is 9.53 Å². The fourth-order valence-electron chi connectivity index (χ4n) is 1.99. The molecule has 1 aliphatic rings. The Kier molecular flexibility index (Phi) is 5.06. The number of carbonyl (C=O) groups is 1. The number of carbonyl (C=O) groups excluding carboxylic acids is 1. The summed E-state index contributed by atoms with van der Waals surface area (Å²) in [4.78, 5) is 11.3. The number of ether oxygens (including phenoxy) is 1. The second-order valence-corrected chi connectivity index (χ2v) is 4.93. The number of hydrazone groups is 1. The molecule has 0 unspecified atom stereocenters. The minimum absolute atomic E-state index is 0.357. The topological polar surface area (TPSA) is 62.7 Å². The highest BCUT2D eigenvalue weighted by Crippen LogP contribution is 2.14. The summed E-state index contributed by atoms with van der Waals surface area (Å²) in [5, 5.41) is 7.72. The van der Waals surface area contributed by atoms with E-state index < -0.39 is 0 Å². The molecule has 1 aliphatic carbocycles. The van der Waals surface area contributed by atoms with Crippen LogP contribution >= 0.6 is 12.2 Å². The Morgan fingerprint density at radius 3 is 2.50 bits per heavy atom. The maximum atomic E-state index is 11.3. The van der Waals surface area contributed by atoms with Gasteiger partial charge in [0, 0.05) is 11.4 Å². The normalized spacial score (nSPS) is 13.8. The third-order valence-electron chi connectivity index (χ3n) is 3.06. The van der Waals surface area contributed by atoms with Crippen molar-refractivity contribution in [3.05, 3.63) is 29.8 Å². The van der Waals surface area contributed by atoms with Crippen LogP contribution in [-0.2, 0) is 4.74 Å². The third kappa shape index (κ3) is 4.03. The molecular formula is C14H17N3O2S. The van der Waals surface area contributed by atoms with Gasteiger partial charge in [0.1, 0.15) is 0 Å². The second-order valence-electron chi connectivity index (χ2n) is 4.52. The molecule has 0 amide bonds. The summed E-state index contributed by atoms with van der Waals surface area (Å²) in [6.07, 6.45) is 4.50. The van der Waals surface area contributed by atoms with Crippen LogP contribution in [0.2, 0.25) is 0 Å². The van der Waals surface area contributed by atoms with Gasteiger partial charge < -0.3 is 10.1 Å². The van der Waals surface area contributed by atoms with E-state index in [2.05, 4.69) is 20.6 Å². The summed E-state index contributed by atoms with van der Waals surface area (Å²) in [6, 6.07) is 6.89. The van der Waals surface area contributed by atoms with Gasteiger partial charge in [-0.1, -0.05) is 0 Å². The number of rotatable bonds is 3. The van der Waals surface area contributed by atoms with Crippen LogP contribution in [0.3, 0.4) is 0 Å². The fraction of sp³-hybridized carbons (Fsp3) is 0.357. The quantitative estimate of drug-likeness (QED) is 0.509. The molecule has 5 nitrogen and oxygen atoms in total. The third-order valence-corrected chi connectivity index (χ3v) is 3.25. The average molecular weight is 291 g/mol. The van der Waals surface area contributed by atoms with Gasteiger partial charge in [0.15, 0.2) is 5.11 Å². The molecule has 0 bridgehead atoms. The van der Waals surface area contributed by atoms with Crippen LogP contribution in [0.5, 0.6) is 0 Å². The number of hydrogen-bond acceptors (Lipinski definition) is 4. The fourth-order valence-corrected chi connectivity index (χ4v) is 2.15. The van der Waals surface area contributed by atoms with E-state index in [1.54, 1.807) is 24.3 Å². The average Bonchev–Trinajstić information content (AvgIpc) is 2.98. The Morgan fingerprint density at radius 2 is 1.90 bits per heavy atom. The van der Waals surface area contributed by atoms with Crippen molar-refractivity contribution in [3.63, 3.8) is 0 Å². The first kappa shape index (κ1) is 14.5. The minimum Gasteiger partial charge on any atom is -0.465 e. The Hall–Kier alpha value is -1.95. The Labute approximate surface area is 123 Å². The highest BCUT2D eigenvalue weighted by molar-refractivity contribution is 7.80. The number of methoxy groups -OCH3 is 1. The summed E-state index contributed by atoms with van der Waals surface area (Å²) in [6.45, 7) is 0. The van der Waals surface area contributed by atoms with Gasteiger partial charge in [-0.15, -0.1) is 0 Å². The van der Waals surface area contributed by atoms with Gasteiger partial charge in [-0.3, -0.25) is 5.43 Å². The number of hydrogen-bond donors (Lipinski definition) is 2. The van der Waals surface area contributed by atoms with Crippen LogP contribution in [-0.4, -0.2) is 23.9 Å². The van der Waals surface area contributed by atoms with E-state index in [1.165, 1.54) is 20.0 Å². The van der Waals surface area contributed by atoms with Crippen molar-refractivity contribution in [2.24, 2.45) is 5.10 Å². The van der Waals surface area contributed by atoms with Crippen LogP contribution in [0.15, 0.2) is 29.4 Å². The van der Waals surface area contributed by atoms with Crippen LogP contribution in [0, 0.1) is 0 Å². The Balaban J connectivity index is 1.87. The Bertz CT molecular complexity index is 518. The smallest absolute Gasteiger partial charge is 0.337 e. The zero-order valence-electron chi connectivity index (χ0n) is 11.3. The number of thiocarbonyl (C=S) groups is 1. The highest BCUT2D eigenvalue weighted by atomic mass is 32.1. The van der Waals surface area contributed by atoms with Crippen LogP contribution in [0.1, 0.15) is 36.0 Å². The van der Waals surface area contributed by atoms with E-state index in [9.17, 15) is 4.79 Å². The van der Waals surface area contributed by atoms with E-state index in [-0.39, 0.29) is 5.97 Å². The van der Waals surface area contributed by atoms with Gasteiger partial charge in [-0.2, -0.15) is 5.10 Å². The SMILES string of the molecule is COC(=O)c1ccc(NC(=S)NN=C2CCCC2)cc1. The predicted octanol–water partition coefficient (Wildman–Crippen LogP) is 2.69. The van der Waals surface area contributed by atoms with Crippen LogP contribution in [0.25, 0.3) is 0 Å². The first-order valence-corrected chi connectivity index (χ1v) is 6.90. The first-order chi connectivity index (χ1) is 9.69. The zero-order chi connectivity index (χ0) is 14.4. The van der Waals surface area contributed by atoms with Crippen molar-refractivity contribution in [3.8, 4) is 0 Å². The molecule has 1 fully saturated rings. The van der Waals surface area contributed by atoms with Crippen molar-refractivity contribution in [2.45, 2.75) is 25.7 Å². The van der Waals surface area contributed by atoms with Gasteiger partial charge in [-0.05, 0) is 62.2 Å². The standard InChI is InChI=1S/C14H17N3O2S/c1-19-13(18)10-6-8-11(9-7-10)15-14(20)17-16-12-4-2-3-5-12/h6-9H,2-5H2,1H3,(H2,15,17,20). The molecule has 0 aromatic heterocycles. The molecular weight excluding hydrogens is 274 g/mol. The van der Waals surface area contributed by atoms with Crippen molar-refractivity contribution in [1.82, 2.24) is 5.43 Å². The molecule has 0 aliphatic heterocycles. The number of nitrogens with one attached hydrogen (secondary N) is 2. The maximum Gasteiger partial charge on any atom is 0.337 e. The lowest BCUT2D eigenvalue weighted by molar-refractivity contribution is 0.0601. The largest absolute Gasteiger partial charge is 0.465 e. The van der Waals surface area contributed by atoms with Gasteiger partial charge in [0.05, 0.1) is 12.7 Å². The van der Waals surface area contributed by atoms with E-state index in [1.807, 2.05) is 0 Å². The second kappa shape index (κ2) is 7.00.